The Hall–Kier alpha value is -2.33. The van der Waals surface area contributed by atoms with Gasteiger partial charge in [-0.3, -0.25) is 0 Å². The molecule has 0 bridgehead atoms. The van der Waals surface area contributed by atoms with Crippen LogP contribution >= 0.6 is 0 Å². The summed E-state index contributed by atoms with van der Waals surface area (Å²) < 4.78 is 147. The molecule has 2 aromatic carbocycles. The van der Waals surface area contributed by atoms with Gasteiger partial charge in [0.25, 0.3) is 0 Å². The molecule has 1 aliphatic rings. The second-order valence-electron chi connectivity index (χ2n) is 9.85. The van der Waals surface area contributed by atoms with Crippen molar-refractivity contribution in [3.8, 4) is 11.1 Å². The van der Waals surface area contributed by atoms with Gasteiger partial charge in [-0.25, -0.2) is 0 Å². The summed E-state index contributed by atoms with van der Waals surface area (Å²) in [5.41, 5.74) is -0.0327. The third-order valence-electron chi connectivity index (χ3n) is 7.31. The van der Waals surface area contributed by atoms with E-state index in [1.54, 1.807) is 12.1 Å². The van der Waals surface area contributed by atoms with Crippen LogP contribution in [-0.4, -0.2) is 23.9 Å². The zero-order valence-electron chi connectivity index (χ0n) is 20.4. The van der Waals surface area contributed by atoms with E-state index >= 15 is 0 Å². The number of hydrogen-bond donors (Lipinski definition) is 0. The Morgan fingerprint density at radius 3 is 1.53 bits per heavy atom. The number of unbranched alkanes of at least 4 members (excludes halogenated alkanes) is 1. The monoisotopic (exact) mass is 560 g/mol. The van der Waals surface area contributed by atoms with E-state index in [2.05, 4.69) is 6.92 Å². The molecule has 0 unspecified atom stereocenters. The van der Waals surface area contributed by atoms with E-state index in [-0.39, 0.29) is 5.56 Å². The van der Waals surface area contributed by atoms with Crippen LogP contribution in [0, 0.1) is 5.92 Å². The highest BCUT2D eigenvalue weighted by Crippen LogP contribution is 2.59. The Balaban J connectivity index is 1.76. The van der Waals surface area contributed by atoms with E-state index < -0.39 is 35.4 Å². The van der Waals surface area contributed by atoms with Crippen LogP contribution < -0.4 is 0 Å². The minimum atomic E-state index is -7.43. The molecule has 38 heavy (non-hydrogen) atoms. The third kappa shape index (κ3) is 5.39. The van der Waals surface area contributed by atoms with Crippen LogP contribution in [0.15, 0.2) is 48.5 Å². The van der Waals surface area contributed by atoms with Crippen molar-refractivity contribution in [3.63, 3.8) is 0 Å². The first-order valence-electron chi connectivity index (χ1n) is 12.3. The fourth-order valence-electron chi connectivity index (χ4n) is 4.85. The van der Waals surface area contributed by atoms with Gasteiger partial charge in [-0.2, -0.15) is 48.3 Å². The molecular weight excluding hydrogens is 533 g/mol. The molecule has 1 saturated carbocycles. The maximum atomic E-state index is 14.3. The van der Waals surface area contributed by atoms with Gasteiger partial charge in [0.15, 0.2) is 0 Å². The van der Waals surface area contributed by atoms with Crippen LogP contribution in [0.1, 0.15) is 68.9 Å². The molecule has 0 nitrogen and oxygen atoms in total. The molecule has 0 radical (unpaired) electrons. The highest BCUT2D eigenvalue weighted by Gasteiger charge is 2.87. The lowest BCUT2D eigenvalue weighted by Gasteiger charge is -2.37. The van der Waals surface area contributed by atoms with Crippen molar-refractivity contribution in [2.45, 2.75) is 87.7 Å². The van der Waals surface area contributed by atoms with E-state index in [0.717, 1.165) is 49.8 Å². The van der Waals surface area contributed by atoms with Gasteiger partial charge in [-0.1, -0.05) is 74.7 Å². The first kappa shape index (κ1) is 30.2. The molecule has 3 rings (SSSR count). The van der Waals surface area contributed by atoms with Crippen LogP contribution in [0.5, 0.6) is 0 Å². The standard InChI is InChI=1S/C27H27F11/c1-2-3-4-17-5-7-18(8-6-17)19-9-11-20(12-10-19)21-13-15-22(16-14-21)23(28,29)24(30,31)25(32,33)26(34,35)27(36,37)38/h9-18H,2-8H2,1H3. The highest BCUT2D eigenvalue weighted by molar-refractivity contribution is 5.64. The van der Waals surface area contributed by atoms with E-state index in [0.29, 0.717) is 29.5 Å². The molecule has 0 aromatic heterocycles. The maximum absolute atomic E-state index is 14.3. The SMILES string of the molecule is CCCCC1CCC(c2ccc(-c3ccc(C(F)(F)C(F)(F)C(F)(F)C(F)(F)C(F)(F)F)cc3)cc2)CC1. The Kier molecular flexibility index (Phi) is 8.49. The number of benzene rings is 2. The van der Waals surface area contributed by atoms with Gasteiger partial charge in [0.2, 0.25) is 0 Å². The first-order chi connectivity index (χ1) is 17.5. The summed E-state index contributed by atoms with van der Waals surface area (Å²) in [7, 11) is 0. The summed E-state index contributed by atoms with van der Waals surface area (Å²) in [6.45, 7) is 2.15. The van der Waals surface area contributed by atoms with Crippen molar-refractivity contribution >= 4 is 0 Å². The zero-order chi connectivity index (χ0) is 28.6. The number of hydrogen-bond acceptors (Lipinski definition) is 0. The third-order valence-corrected chi connectivity index (χ3v) is 7.31. The van der Waals surface area contributed by atoms with Gasteiger partial charge in [0.05, 0.1) is 0 Å². The van der Waals surface area contributed by atoms with Gasteiger partial charge >= 0.3 is 29.9 Å². The number of alkyl halides is 11. The smallest absolute Gasteiger partial charge is 0.194 e. The fraction of sp³-hybridized carbons (Fsp3) is 0.556. The molecule has 0 amide bonds. The quantitative estimate of drug-likeness (QED) is 0.268. The van der Waals surface area contributed by atoms with Crippen molar-refractivity contribution in [2.24, 2.45) is 5.92 Å². The molecule has 11 heteroatoms. The predicted octanol–water partition coefficient (Wildman–Crippen LogP) is 10.4. The van der Waals surface area contributed by atoms with Crippen LogP contribution in [0.4, 0.5) is 48.3 Å². The largest absolute Gasteiger partial charge is 0.460 e. The molecule has 0 spiro atoms. The Bertz CT molecular complexity index is 1050. The summed E-state index contributed by atoms with van der Waals surface area (Å²) in [6, 6.07) is 9.43. The van der Waals surface area contributed by atoms with E-state index in [1.807, 2.05) is 12.1 Å². The van der Waals surface area contributed by atoms with Crippen molar-refractivity contribution in [1.29, 1.82) is 0 Å². The molecule has 0 aliphatic heterocycles. The first-order valence-corrected chi connectivity index (χ1v) is 12.3. The van der Waals surface area contributed by atoms with Gasteiger partial charge in [0.1, 0.15) is 0 Å². The van der Waals surface area contributed by atoms with Crippen LogP contribution in [-0.2, 0) is 5.92 Å². The second-order valence-corrected chi connectivity index (χ2v) is 9.85. The summed E-state index contributed by atoms with van der Waals surface area (Å²) in [4.78, 5) is 0. The number of halogens is 11. The van der Waals surface area contributed by atoms with Crippen LogP contribution in [0.25, 0.3) is 11.1 Å². The molecule has 212 valence electrons. The average molecular weight is 560 g/mol. The molecule has 2 aromatic rings. The number of rotatable bonds is 9. The summed E-state index contributed by atoms with van der Waals surface area (Å²) >= 11 is 0. The Labute approximate surface area is 213 Å². The molecule has 1 fully saturated rings. The Morgan fingerprint density at radius 2 is 1.08 bits per heavy atom. The lowest BCUT2D eigenvalue weighted by atomic mass is 9.77. The highest BCUT2D eigenvalue weighted by atomic mass is 19.4. The average Bonchev–Trinajstić information content (AvgIpc) is 2.87. The fourth-order valence-corrected chi connectivity index (χ4v) is 4.85. The van der Waals surface area contributed by atoms with Gasteiger partial charge in [-0.15, -0.1) is 0 Å². The molecule has 0 heterocycles. The lowest BCUT2D eigenvalue weighted by Crippen LogP contribution is -2.65. The predicted molar refractivity (Wildman–Crippen MR) is 121 cm³/mol. The van der Waals surface area contributed by atoms with Crippen molar-refractivity contribution in [3.05, 3.63) is 59.7 Å². The second kappa shape index (κ2) is 10.7. The van der Waals surface area contributed by atoms with Crippen LogP contribution in [0.2, 0.25) is 0 Å². The van der Waals surface area contributed by atoms with Crippen LogP contribution in [0.3, 0.4) is 0 Å². The lowest BCUT2D eigenvalue weighted by molar-refractivity contribution is -0.424. The molecule has 0 saturated heterocycles. The minimum Gasteiger partial charge on any atom is -0.194 e. The van der Waals surface area contributed by atoms with Gasteiger partial charge in [0, 0.05) is 5.56 Å². The van der Waals surface area contributed by atoms with Crippen molar-refractivity contribution in [1.82, 2.24) is 0 Å². The molecule has 0 atom stereocenters. The minimum absolute atomic E-state index is 0.232. The molecular formula is C27H27F11. The molecule has 0 N–H and O–H groups in total. The summed E-state index contributed by atoms with van der Waals surface area (Å²) in [5, 5.41) is 0. The summed E-state index contributed by atoms with van der Waals surface area (Å²) in [5.74, 6) is -26.8. The topological polar surface area (TPSA) is 0 Å². The normalized spacial score (nSPS) is 20.0. The molecule has 1 aliphatic carbocycles. The van der Waals surface area contributed by atoms with E-state index in [4.69, 9.17) is 0 Å². The van der Waals surface area contributed by atoms with Gasteiger partial charge < -0.3 is 0 Å². The van der Waals surface area contributed by atoms with E-state index in [9.17, 15) is 48.3 Å². The van der Waals surface area contributed by atoms with E-state index in [1.165, 1.54) is 12.8 Å². The van der Waals surface area contributed by atoms with Crippen molar-refractivity contribution in [2.75, 3.05) is 0 Å². The maximum Gasteiger partial charge on any atom is 0.460 e. The van der Waals surface area contributed by atoms with Crippen molar-refractivity contribution < 1.29 is 48.3 Å². The Morgan fingerprint density at radius 1 is 0.605 bits per heavy atom. The summed E-state index contributed by atoms with van der Waals surface area (Å²) in [6.07, 6.45) is 0.707. The van der Waals surface area contributed by atoms with Gasteiger partial charge in [-0.05, 0) is 54.2 Å². The zero-order valence-corrected chi connectivity index (χ0v) is 20.4.